The fraction of sp³-hybridized carbons (Fsp3) is 0.737. The summed E-state index contributed by atoms with van der Waals surface area (Å²) in [5.74, 6) is -7.38. The first kappa shape index (κ1) is 24.2. The molecule has 5 nitrogen and oxygen atoms in total. The van der Waals surface area contributed by atoms with Gasteiger partial charge in [0.25, 0.3) is 0 Å². The van der Waals surface area contributed by atoms with E-state index in [1.807, 2.05) is 0 Å². The van der Waals surface area contributed by atoms with E-state index in [9.17, 15) is 35.9 Å². The van der Waals surface area contributed by atoms with Gasteiger partial charge in [-0.3, -0.25) is 4.79 Å². The lowest BCUT2D eigenvalue weighted by Gasteiger charge is -2.39. The first-order valence-corrected chi connectivity index (χ1v) is 9.74. The lowest BCUT2D eigenvalue weighted by molar-refractivity contribution is -0.151. The van der Waals surface area contributed by atoms with Crippen LogP contribution in [0.15, 0.2) is 16.3 Å². The minimum absolute atomic E-state index is 0.275. The zero-order valence-electron chi connectivity index (χ0n) is 16.5. The number of esters is 2. The predicted molar refractivity (Wildman–Crippen MR) is 93.4 cm³/mol. The van der Waals surface area contributed by atoms with Gasteiger partial charge in [0.1, 0.15) is 11.6 Å². The zero-order valence-corrected chi connectivity index (χ0v) is 16.5. The Morgan fingerprint density at radius 3 is 1.97 bits per heavy atom. The van der Waals surface area contributed by atoms with Crippen LogP contribution in [0.2, 0.25) is 0 Å². The van der Waals surface area contributed by atoms with Gasteiger partial charge in [0.2, 0.25) is 0 Å². The van der Waals surface area contributed by atoms with E-state index in [0.717, 1.165) is 6.42 Å². The molecule has 1 heterocycles. The van der Waals surface area contributed by atoms with Crippen LogP contribution >= 0.6 is 0 Å². The average molecular weight is 443 g/mol. The van der Waals surface area contributed by atoms with Gasteiger partial charge in [-0.1, -0.05) is 19.3 Å². The summed E-state index contributed by atoms with van der Waals surface area (Å²) >= 11 is 0. The van der Waals surface area contributed by atoms with E-state index >= 15 is 0 Å². The molecule has 0 aromatic heterocycles. The summed E-state index contributed by atoms with van der Waals surface area (Å²) in [5, 5.41) is 0. The Morgan fingerprint density at radius 1 is 0.933 bits per heavy atom. The van der Waals surface area contributed by atoms with Gasteiger partial charge in [-0.15, -0.1) is 0 Å². The highest BCUT2D eigenvalue weighted by atomic mass is 19.4. The molecule has 1 aliphatic carbocycles. The highest BCUT2D eigenvalue weighted by Gasteiger charge is 2.57. The van der Waals surface area contributed by atoms with Crippen molar-refractivity contribution in [3.05, 3.63) is 11.3 Å². The molecule has 1 saturated carbocycles. The van der Waals surface area contributed by atoms with E-state index in [2.05, 4.69) is 4.99 Å². The number of alkyl halides is 6. The van der Waals surface area contributed by atoms with Crippen LogP contribution in [0.25, 0.3) is 0 Å². The SMILES string of the molecule is CCOC(=O)C1=C(C(F)(F)F)N=C(C(F)(F)F)C(C(=O)OCC)C1C1CCCCC1. The number of carbonyl (C=O) groups excluding carboxylic acids is 2. The van der Waals surface area contributed by atoms with Gasteiger partial charge < -0.3 is 9.47 Å². The first-order valence-electron chi connectivity index (χ1n) is 9.74. The van der Waals surface area contributed by atoms with E-state index in [0.29, 0.717) is 12.8 Å². The van der Waals surface area contributed by atoms with Gasteiger partial charge in [-0.05, 0) is 32.6 Å². The highest BCUT2D eigenvalue weighted by molar-refractivity contribution is 6.09. The van der Waals surface area contributed by atoms with E-state index < -0.39 is 59.0 Å². The van der Waals surface area contributed by atoms with Crippen LogP contribution in [0.4, 0.5) is 26.3 Å². The molecule has 1 fully saturated rings. The Hall–Kier alpha value is -2.07. The van der Waals surface area contributed by atoms with Crippen molar-refractivity contribution >= 4 is 17.7 Å². The fourth-order valence-electron chi connectivity index (χ4n) is 4.13. The topological polar surface area (TPSA) is 65.0 Å². The standard InChI is InChI=1S/C19H23F6NO4/c1-3-29-16(27)12-11(10-8-6-5-7-9-10)13(17(28)30-4-2)15(19(23,24)25)26-14(12)18(20,21)22/h10-12H,3-9H2,1-2H3. The number of halogens is 6. The summed E-state index contributed by atoms with van der Waals surface area (Å²) in [7, 11) is 0. The Kier molecular flexibility index (Phi) is 7.57. The van der Waals surface area contributed by atoms with Crippen molar-refractivity contribution < 1.29 is 45.4 Å². The Balaban J connectivity index is 2.80. The van der Waals surface area contributed by atoms with Crippen molar-refractivity contribution in [3.63, 3.8) is 0 Å². The summed E-state index contributed by atoms with van der Waals surface area (Å²) < 4.78 is 91.8. The number of aliphatic imine (C=N–C) groups is 1. The van der Waals surface area contributed by atoms with Crippen LogP contribution in [-0.2, 0) is 19.1 Å². The number of ether oxygens (including phenoxy) is 2. The van der Waals surface area contributed by atoms with Gasteiger partial charge in [0, 0.05) is 5.92 Å². The third kappa shape index (κ3) is 5.15. The molecule has 0 spiro atoms. The molecule has 2 atom stereocenters. The molecule has 30 heavy (non-hydrogen) atoms. The van der Waals surface area contributed by atoms with Gasteiger partial charge >= 0.3 is 24.3 Å². The van der Waals surface area contributed by atoms with Crippen LogP contribution in [-0.4, -0.2) is 43.2 Å². The normalized spacial score (nSPS) is 23.8. The second-order valence-corrected chi connectivity index (χ2v) is 7.13. The summed E-state index contributed by atoms with van der Waals surface area (Å²) in [5.41, 5.74) is -4.87. The third-order valence-corrected chi connectivity index (χ3v) is 5.23. The van der Waals surface area contributed by atoms with E-state index in [-0.39, 0.29) is 26.1 Å². The van der Waals surface area contributed by atoms with Gasteiger partial charge in [-0.2, -0.15) is 26.3 Å². The van der Waals surface area contributed by atoms with Crippen molar-refractivity contribution in [2.24, 2.45) is 22.7 Å². The molecule has 0 amide bonds. The molecule has 0 radical (unpaired) electrons. The molecular weight excluding hydrogens is 420 g/mol. The smallest absolute Gasteiger partial charge is 0.433 e. The van der Waals surface area contributed by atoms with Gasteiger partial charge in [-0.25, -0.2) is 9.79 Å². The van der Waals surface area contributed by atoms with Gasteiger partial charge in [0.05, 0.1) is 18.8 Å². The van der Waals surface area contributed by atoms with Crippen LogP contribution in [0.3, 0.4) is 0 Å². The monoisotopic (exact) mass is 443 g/mol. The Morgan fingerprint density at radius 2 is 1.50 bits per heavy atom. The maximum Gasteiger partial charge on any atom is 0.433 e. The molecule has 0 N–H and O–H groups in total. The van der Waals surface area contributed by atoms with Crippen molar-refractivity contribution in [1.29, 1.82) is 0 Å². The minimum atomic E-state index is -5.34. The number of allylic oxidation sites excluding steroid dienone is 1. The van der Waals surface area contributed by atoms with Crippen molar-refractivity contribution in [2.45, 2.75) is 58.3 Å². The molecule has 170 valence electrons. The van der Waals surface area contributed by atoms with Gasteiger partial charge in [0.15, 0.2) is 5.70 Å². The predicted octanol–water partition coefficient (Wildman–Crippen LogP) is 4.76. The van der Waals surface area contributed by atoms with E-state index in [1.165, 1.54) is 13.8 Å². The maximum atomic E-state index is 13.7. The second kappa shape index (κ2) is 9.38. The maximum absolute atomic E-state index is 13.7. The minimum Gasteiger partial charge on any atom is -0.465 e. The third-order valence-electron chi connectivity index (χ3n) is 5.23. The fourth-order valence-corrected chi connectivity index (χ4v) is 4.13. The molecule has 2 unspecified atom stereocenters. The molecule has 1 aliphatic heterocycles. The summed E-state index contributed by atoms with van der Waals surface area (Å²) in [6.07, 6.45) is -8.22. The molecule has 2 aliphatic rings. The van der Waals surface area contributed by atoms with Crippen molar-refractivity contribution in [1.82, 2.24) is 0 Å². The Labute approximate surface area is 169 Å². The van der Waals surface area contributed by atoms with Crippen molar-refractivity contribution in [2.75, 3.05) is 13.2 Å². The largest absolute Gasteiger partial charge is 0.465 e. The summed E-state index contributed by atoms with van der Waals surface area (Å²) in [6.45, 7) is 2.16. The van der Waals surface area contributed by atoms with E-state index in [4.69, 9.17) is 9.47 Å². The summed E-state index contributed by atoms with van der Waals surface area (Å²) in [4.78, 5) is 27.8. The molecular formula is C19H23F6NO4. The second-order valence-electron chi connectivity index (χ2n) is 7.13. The number of hydrogen-bond donors (Lipinski definition) is 0. The number of carbonyl (C=O) groups is 2. The number of hydrogen-bond acceptors (Lipinski definition) is 5. The molecule has 11 heteroatoms. The first-order chi connectivity index (χ1) is 13.9. The van der Waals surface area contributed by atoms with E-state index in [1.54, 1.807) is 0 Å². The highest BCUT2D eigenvalue weighted by Crippen LogP contribution is 2.48. The average Bonchev–Trinajstić information content (AvgIpc) is 2.65. The lowest BCUT2D eigenvalue weighted by Crippen LogP contribution is -2.48. The molecule has 2 rings (SSSR count). The lowest BCUT2D eigenvalue weighted by atomic mass is 9.67. The summed E-state index contributed by atoms with van der Waals surface area (Å²) in [6, 6.07) is 0. The van der Waals surface area contributed by atoms with Crippen LogP contribution in [0.5, 0.6) is 0 Å². The Bertz CT molecular complexity index is 720. The molecule has 0 saturated heterocycles. The number of rotatable bonds is 5. The van der Waals surface area contributed by atoms with Crippen LogP contribution in [0.1, 0.15) is 46.0 Å². The zero-order chi connectivity index (χ0) is 22.7. The van der Waals surface area contributed by atoms with Crippen molar-refractivity contribution in [3.8, 4) is 0 Å². The van der Waals surface area contributed by atoms with Crippen LogP contribution < -0.4 is 0 Å². The van der Waals surface area contributed by atoms with Crippen LogP contribution in [0, 0.1) is 17.8 Å². The molecule has 0 aromatic carbocycles. The molecule has 0 aromatic rings. The quantitative estimate of drug-likeness (QED) is 0.454. The molecule has 0 bridgehead atoms. The number of nitrogens with zero attached hydrogens (tertiary/aromatic N) is 1.